The van der Waals surface area contributed by atoms with Gasteiger partial charge in [-0.3, -0.25) is 4.79 Å². The smallest absolute Gasteiger partial charge is 0.164 e. The van der Waals surface area contributed by atoms with Crippen LogP contribution in [-0.2, 0) is 5.41 Å². The van der Waals surface area contributed by atoms with Gasteiger partial charge in [-0.05, 0) is 30.4 Å². The molecule has 1 saturated carbocycles. The van der Waals surface area contributed by atoms with Crippen LogP contribution in [0.5, 0.6) is 11.5 Å². The van der Waals surface area contributed by atoms with E-state index < -0.39 is 0 Å². The van der Waals surface area contributed by atoms with Gasteiger partial charge in [0.15, 0.2) is 11.5 Å². The van der Waals surface area contributed by atoms with E-state index in [-0.39, 0.29) is 16.6 Å². The predicted molar refractivity (Wildman–Crippen MR) is 75.0 cm³/mol. The van der Waals surface area contributed by atoms with Crippen LogP contribution < -0.4 is 4.74 Å². The maximum absolute atomic E-state index is 11.0. The van der Waals surface area contributed by atoms with Gasteiger partial charge in [-0.15, -0.1) is 0 Å². The summed E-state index contributed by atoms with van der Waals surface area (Å²) in [6.45, 7) is 6.68. The van der Waals surface area contributed by atoms with Crippen molar-refractivity contribution < 1.29 is 14.6 Å². The zero-order valence-corrected chi connectivity index (χ0v) is 12.1. The number of carbonyl (C=O) groups excluding carboxylic acids is 1. The summed E-state index contributed by atoms with van der Waals surface area (Å²) < 4.78 is 5.38. The van der Waals surface area contributed by atoms with E-state index in [1.165, 1.54) is 6.07 Å². The number of hydrogen-bond acceptors (Lipinski definition) is 3. The number of ether oxygens (including phenoxy) is 1. The molecule has 0 aromatic heterocycles. The summed E-state index contributed by atoms with van der Waals surface area (Å²) in [5.41, 5.74) is 1.47. The van der Waals surface area contributed by atoms with Gasteiger partial charge in [0, 0.05) is 16.5 Å². The number of rotatable bonds is 3. The summed E-state index contributed by atoms with van der Waals surface area (Å²) in [6.07, 6.45) is 4.10. The van der Waals surface area contributed by atoms with Crippen LogP contribution >= 0.6 is 0 Å². The Morgan fingerprint density at radius 1 is 1.26 bits per heavy atom. The van der Waals surface area contributed by atoms with Crippen LogP contribution in [0.3, 0.4) is 0 Å². The first-order valence-electron chi connectivity index (χ1n) is 6.72. The van der Waals surface area contributed by atoms with Crippen molar-refractivity contribution in [2.45, 2.75) is 45.4 Å². The van der Waals surface area contributed by atoms with Gasteiger partial charge in [0.2, 0.25) is 0 Å². The number of phenols is 1. The molecule has 2 rings (SSSR count). The monoisotopic (exact) mass is 262 g/mol. The van der Waals surface area contributed by atoms with Crippen LogP contribution in [0.15, 0.2) is 12.1 Å². The molecule has 19 heavy (non-hydrogen) atoms. The summed E-state index contributed by atoms with van der Waals surface area (Å²) in [7, 11) is 1.56. The van der Waals surface area contributed by atoms with Crippen LogP contribution in [0.2, 0.25) is 0 Å². The normalized spacial score (nSPS) is 25.3. The summed E-state index contributed by atoms with van der Waals surface area (Å²) in [6, 6.07) is 3.32. The highest BCUT2D eigenvalue weighted by Crippen LogP contribution is 2.56. The Labute approximate surface area is 114 Å². The zero-order chi connectivity index (χ0) is 14.3. The fourth-order valence-corrected chi connectivity index (χ4v) is 3.33. The molecule has 1 aromatic carbocycles. The van der Waals surface area contributed by atoms with Crippen molar-refractivity contribution in [3.63, 3.8) is 0 Å². The van der Waals surface area contributed by atoms with Crippen molar-refractivity contribution in [2.75, 3.05) is 7.11 Å². The molecule has 1 aromatic rings. The number of benzene rings is 1. The highest BCUT2D eigenvalue weighted by atomic mass is 16.5. The van der Waals surface area contributed by atoms with E-state index in [1.807, 2.05) is 6.07 Å². The molecule has 0 bridgehead atoms. The van der Waals surface area contributed by atoms with Crippen molar-refractivity contribution in [3.05, 3.63) is 23.3 Å². The molecule has 0 radical (unpaired) electrons. The van der Waals surface area contributed by atoms with Crippen molar-refractivity contribution in [3.8, 4) is 11.5 Å². The van der Waals surface area contributed by atoms with Crippen molar-refractivity contribution in [1.82, 2.24) is 0 Å². The van der Waals surface area contributed by atoms with E-state index in [4.69, 9.17) is 4.74 Å². The molecular formula is C16H22O3. The number of aldehydes is 1. The molecule has 3 nitrogen and oxygen atoms in total. The van der Waals surface area contributed by atoms with Crippen LogP contribution in [0, 0.1) is 5.41 Å². The maximum atomic E-state index is 11.0. The lowest BCUT2D eigenvalue weighted by atomic mass is 9.65. The summed E-state index contributed by atoms with van der Waals surface area (Å²) in [4.78, 5) is 11.0. The van der Waals surface area contributed by atoms with Crippen molar-refractivity contribution in [1.29, 1.82) is 0 Å². The fourth-order valence-electron chi connectivity index (χ4n) is 3.33. The Balaban J connectivity index is 2.67. The van der Waals surface area contributed by atoms with E-state index in [9.17, 15) is 9.90 Å². The molecule has 1 aliphatic rings. The second kappa shape index (κ2) is 4.55. The number of hydrogen-bond donors (Lipinski definition) is 1. The van der Waals surface area contributed by atoms with E-state index in [2.05, 4.69) is 20.8 Å². The molecule has 0 aliphatic heterocycles. The first-order valence-corrected chi connectivity index (χ1v) is 6.72. The van der Waals surface area contributed by atoms with Gasteiger partial charge in [0.25, 0.3) is 0 Å². The average molecular weight is 262 g/mol. The van der Waals surface area contributed by atoms with Crippen LogP contribution in [-0.4, -0.2) is 18.5 Å². The topological polar surface area (TPSA) is 46.5 Å². The molecule has 3 heteroatoms. The molecule has 1 aliphatic carbocycles. The third kappa shape index (κ3) is 2.01. The first kappa shape index (κ1) is 13.9. The summed E-state index contributed by atoms with van der Waals surface area (Å²) >= 11 is 0. The molecule has 1 fully saturated rings. The molecule has 0 saturated heterocycles. The lowest BCUT2D eigenvalue weighted by molar-refractivity contribution is 0.112. The first-order chi connectivity index (χ1) is 8.85. The maximum Gasteiger partial charge on any atom is 0.164 e. The molecule has 0 unspecified atom stereocenters. The molecule has 0 amide bonds. The van der Waals surface area contributed by atoms with Crippen LogP contribution in [0.4, 0.5) is 0 Å². The highest BCUT2D eigenvalue weighted by molar-refractivity contribution is 5.77. The molecule has 0 spiro atoms. The standard InChI is InChI=1S/C16H22O3/c1-15(2)6-5-7-16(15,3)12-8-11(10-17)9-13(18)14(12)19-4/h8-10,18H,5-7H2,1-4H3/t16-/m1/s1. The summed E-state index contributed by atoms with van der Waals surface area (Å²) in [5, 5.41) is 10.1. The van der Waals surface area contributed by atoms with Crippen LogP contribution in [0.1, 0.15) is 56.0 Å². The predicted octanol–water partition coefficient (Wildman–Crippen LogP) is 3.68. The van der Waals surface area contributed by atoms with Crippen molar-refractivity contribution in [2.24, 2.45) is 5.41 Å². The molecule has 0 heterocycles. The van der Waals surface area contributed by atoms with Gasteiger partial charge in [-0.25, -0.2) is 0 Å². The van der Waals surface area contributed by atoms with Gasteiger partial charge >= 0.3 is 0 Å². The average Bonchev–Trinajstić information content (AvgIpc) is 2.63. The number of methoxy groups -OCH3 is 1. The fraction of sp³-hybridized carbons (Fsp3) is 0.562. The molecular weight excluding hydrogens is 240 g/mol. The quantitative estimate of drug-likeness (QED) is 0.845. The minimum atomic E-state index is -0.0884. The minimum Gasteiger partial charge on any atom is -0.504 e. The highest BCUT2D eigenvalue weighted by Gasteiger charge is 2.48. The van der Waals surface area contributed by atoms with Gasteiger partial charge in [0.05, 0.1) is 7.11 Å². The van der Waals surface area contributed by atoms with Gasteiger partial charge < -0.3 is 9.84 Å². The number of carbonyl (C=O) groups is 1. The summed E-state index contributed by atoms with van der Waals surface area (Å²) in [5.74, 6) is 0.550. The minimum absolute atomic E-state index is 0.0472. The second-order valence-electron chi connectivity index (χ2n) is 6.31. The van der Waals surface area contributed by atoms with Gasteiger partial charge in [0.1, 0.15) is 6.29 Å². The Morgan fingerprint density at radius 2 is 1.95 bits per heavy atom. The van der Waals surface area contributed by atoms with Crippen molar-refractivity contribution >= 4 is 6.29 Å². The Hall–Kier alpha value is -1.51. The lowest BCUT2D eigenvalue weighted by Gasteiger charge is -2.40. The van der Waals surface area contributed by atoms with E-state index in [0.717, 1.165) is 31.1 Å². The van der Waals surface area contributed by atoms with E-state index in [0.29, 0.717) is 11.3 Å². The molecule has 1 atom stereocenters. The van der Waals surface area contributed by atoms with Crippen LogP contribution in [0.25, 0.3) is 0 Å². The van der Waals surface area contributed by atoms with E-state index in [1.54, 1.807) is 7.11 Å². The van der Waals surface area contributed by atoms with Gasteiger partial charge in [-0.1, -0.05) is 27.2 Å². The SMILES string of the molecule is COc1c(O)cc(C=O)cc1[C@@]1(C)CCCC1(C)C. The van der Waals surface area contributed by atoms with Gasteiger partial charge in [-0.2, -0.15) is 0 Å². The third-order valence-corrected chi connectivity index (χ3v) is 5.00. The Morgan fingerprint density at radius 3 is 2.42 bits per heavy atom. The van der Waals surface area contributed by atoms with E-state index >= 15 is 0 Å². The third-order valence-electron chi connectivity index (χ3n) is 5.00. The largest absolute Gasteiger partial charge is 0.504 e. The Kier molecular flexibility index (Phi) is 3.33. The lowest BCUT2D eigenvalue weighted by Crippen LogP contribution is -2.34. The number of phenolic OH excluding ortho intramolecular Hbond substituents is 1. The molecule has 1 N–H and O–H groups in total. The number of aromatic hydroxyl groups is 1. The Bertz CT molecular complexity index is 505. The molecule has 104 valence electrons. The zero-order valence-electron chi connectivity index (χ0n) is 12.1. The second-order valence-corrected chi connectivity index (χ2v) is 6.31.